The topological polar surface area (TPSA) is 16.1 Å². The van der Waals surface area contributed by atoms with Crippen molar-refractivity contribution in [1.82, 2.24) is 4.98 Å². The highest BCUT2D eigenvalue weighted by Gasteiger charge is 2.14. The third-order valence-electron chi connectivity index (χ3n) is 3.55. The second-order valence-corrected chi connectivity index (χ2v) is 4.93. The molecule has 0 amide bonds. The van der Waals surface area contributed by atoms with E-state index in [1.165, 1.54) is 24.0 Å². The molecular formula is C16H18N2. The Labute approximate surface area is 108 Å². The van der Waals surface area contributed by atoms with Crippen LogP contribution in [0.5, 0.6) is 0 Å². The lowest BCUT2D eigenvalue weighted by molar-refractivity contribution is 0.753. The van der Waals surface area contributed by atoms with Gasteiger partial charge in [0.2, 0.25) is 0 Å². The summed E-state index contributed by atoms with van der Waals surface area (Å²) < 4.78 is 0. The molecule has 2 nitrogen and oxygen atoms in total. The van der Waals surface area contributed by atoms with Crippen LogP contribution in [0, 0.1) is 6.92 Å². The number of hydrogen-bond acceptors (Lipinski definition) is 2. The first kappa shape index (κ1) is 11.3. The minimum atomic E-state index is 0.979. The van der Waals surface area contributed by atoms with Crippen molar-refractivity contribution in [3.63, 3.8) is 0 Å². The zero-order valence-electron chi connectivity index (χ0n) is 10.8. The number of pyridine rings is 1. The Morgan fingerprint density at radius 2 is 1.83 bits per heavy atom. The van der Waals surface area contributed by atoms with Crippen LogP contribution in [0.3, 0.4) is 0 Å². The Balaban J connectivity index is 1.91. The predicted octanol–water partition coefficient (Wildman–Crippen LogP) is 3.34. The minimum absolute atomic E-state index is 0.979. The van der Waals surface area contributed by atoms with Crippen LogP contribution in [0.2, 0.25) is 0 Å². The maximum atomic E-state index is 4.64. The van der Waals surface area contributed by atoms with E-state index in [1.54, 1.807) is 0 Å². The van der Waals surface area contributed by atoms with E-state index in [0.717, 1.165) is 24.6 Å². The van der Waals surface area contributed by atoms with Gasteiger partial charge in [0.25, 0.3) is 0 Å². The molecule has 2 aromatic rings. The number of nitrogens with zero attached hydrogens (tertiary/aromatic N) is 2. The first-order valence-electron chi connectivity index (χ1n) is 6.58. The smallest absolute Gasteiger partial charge is 0.129 e. The average molecular weight is 238 g/mol. The van der Waals surface area contributed by atoms with Gasteiger partial charge in [-0.05, 0) is 43.0 Å². The number of fused-ring (bicyclic) bond motifs is 1. The summed E-state index contributed by atoms with van der Waals surface area (Å²) in [6, 6.07) is 15.0. The molecule has 1 aromatic heterocycles. The summed E-state index contributed by atoms with van der Waals surface area (Å²) in [6.45, 7) is 4.12. The average Bonchev–Trinajstić information content (AvgIpc) is 2.60. The molecule has 0 saturated carbocycles. The fraction of sp³-hybridized carbons (Fsp3) is 0.312. The highest BCUT2D eigenvalue weighted by Crippen LogP contribution is 2.22. The van der Waals surface area contributed by atoms with E-state index in [9.17, 15) is 0 Å². The molecule has 1 aromatic carbocycles. The van der Waals surface area contributed by atoms with Gasteiger partial charge in [0.1, 0.15) is 5.82 Å². The highest BCUT2D eigenvalue weighted by atomic mass is 15.2. The van der Waals surface area contributed by atoms with E-state index in [2.05, 4.69) is 59.3 Å². The first-order valence-corrected chi connectivity index (χ1v) is 6.58. The van der Waals surface area contributed by atoms with E-state index in [-0.39, 0.29) is 0 Å². The Kier molecular flexibility index (Phi) is 3.01. The van der Waals surface area contributed by atoms with E-state index in [4.69, 9.17) is 0 Å². The van der Waals surface area contributed by atoms with Gasteiger partial charge in [-0.25, -0.2) is 4.98 Å². The molecule has 0 atom stereocenters. The molecule has 2 heteroatoms. The van der Waals surface area contributed by atoms with E-state index in [0.29, 0.717) is 0 Å². The number of aromatic nitrogens is 1. The monoisotopic (exact) mass is 238 g/mol. The Morgan fingerprint density at radius 1 is 1.00 bits per heavy atom. The van der Waals surface area contributed by atoms with Gasteiger partial charge >= 0.3 is 0 Å². The molecular weight excluding hydrogens is 220 g/mol. The first-order chi connectivity index (χ1) is 8.83. The highest BCUT2D eigenvalue weighted by molar-refractivity contribution is 5.42. The van der Waals surface area contributed by atoms with Crippen LogP contribution in [0.1, 0.15) is 23.2 Å². The number of benzene rings is 1. The summed E-state index contributed by atoms with van der Waals surface area (Å²) in [5.41, 5.74) is 4.02. The lowest BCUT2D eigenvalue weighted by Gasteiger charge is -2.22. The van der Waals surface area contributed by atoms with Gasteiger partial charge in [0.15, 0.2) is 0 Å². The lowest BCUT2D eigenvalue weighted by atomic mass is 10.0. The predicted molar refractivity (Wildman–Crippen MR) is 74.8 cm³/mol. The van der Waals surface area contributed by atoms with Crippen molar-refractivity contribution in [3.05, 3.63) is 59.3 Å². The summed E-state index contributed by atoms with van der Waals surface area (Å²) in [5, 5.41) is 0. The molecule has 1 aliphatic rings. The second kappa shape index (κ2) is 4.81. The fourth-order valence-electron chi connectivity index (χ4n) is 2.60. The largest absolute Gasteiger partial charge is 0.352 e. The van der Waals surface area contributed by atoms with Crippen LogP contribution in [0.4, 0.5) is 5.82 Å². The minimum Gasteiger partial charge on any atom is -0.352 e. The van der Waals surface area contributed by atoms with Gasteiger partial charge in [-0.1, -0.05) is 30.3 Å². The molecule has 0 N–H and O–H groups in total. The van der Waals surface area contributed by atoms with Crippen molar-refractivity contribution >= 4 is 5.82 Å². The van der Waals surface area contributed by atoms with Crippen LogP contribution >= 0.6 is 0 Å². The Morgan fingerprint density at radius 3 is 2.67 bits per heavy atom. The van der Waals surface area contributed by atoms with Crippen LogP contribution in [-0.4, -0.2) is 11.5 Å². The van der Waals surface area contributed by atoms with E-state index >= 15 is 0 Å². The molecule has 2 heterocycles. The summed E-state index contributed by atoms with van der Waals surface area (Å²) >= 11 is 0. The lowest BCUT2D eigenvalue weighted by Crippen LogP contribution is -2.23. The molecule has 0 radical (unpaired) electrons. The maximum absolute atomic E-state index is 4.64. The van der Waals surface area contributed by atoms with Gasteiger partial charge in [-0.2, -0.15) is 0 Å². The molecule has 0 bridgehead atoms. The van der Waals surface area contributed by atoms with Gasteiger partial charge in [0.05, 0.1) is 0 Å². The van der Waals surface area contributed by atoms with Crippen molar-refractivity contribution in [2.45, 2.75) is 26.3 Å². The molecule has 0 unspecified atom stereocenters. The molecule has 0 spiro atoms. The molecule has 3 rings (SSSR count). The summed E-state index contributed by atoms with van der Waals surface area (Å²) in [5.74, 6) is 1.10. The van der Waals surface area contributed by atoms with Gasteiger partial charge in [-0.3, -0.25) is 0 Å². The summed E-state index contributed by atoms with van der Waals surface area (Å²) in [4.78, 5) is 7.03. The van der Waals surface area contributed by atoms with Crippen LogP contribution in [-0.2, 0) is 13.0 Å². The normalized spacial score (nSPS) is 15.1. The fourth-order valence-corrected chi connectivity index (χ4v) is 2.60. The molecule has 1 aliphatic heterocycles. The maximum Gasteiger partial charge on any atom is 0.129 e. The number of aryl methyl sites for hydroxylation is 2. The zero-order chi connectivity index (χ0) is 12.4. The van der Waals surface area contributed by atoms with Crippen molar-refractivity contribution < 1.29 is 0 Å². The van der Waals surface area contributed by atoms with Gasteiger partial charge in [-0.15, -0.1) is 0 Å². The van der Waals surface area contributed by atoms with Crippen LogP contribution in [0.15, 0.2) is 42.5 Å². The number of rotatable bonds is 1. The Hall–Kier alpha value is -1.83. The Bertz CT molecular complexity index is 548. The van der Waals surface area contributed by atoms with Crippen molar-refractivity contribution in [1.29, 1.82) is 0 Å². The summed E-state index contributed by atoms with van der Waals surface area (Å²) in [7, 11) is 0. The molecule has 0 saturated heterocycles. The second-order valence-electron chi connectivity index (χ2n) is 4.93. The van der Waals surface area contributed by atoms with Crippen molar-refractivity contribution in [3.8, 4) is 0 Å². The van der Waals surface area contributed by atoms with Gasteiger partial charge < -0.3 is 4.90 Å². The SMILES string of the molecule is Cc1cccc(N2CCCc3ccccc3C2)n1. The third kappa shape index (κ3) is 2.23. The number of hydrogen-bond donors (Lipinski definition) is 0. The standard InChI is InChI=1S/C16H18N2/c1-13-6-4-10-16(17-13)18-11-5-9-14-7-2-3-8-15(14)12-18/h2-4,6-8,10H,5,9,11-12H2,1H3. The molecule has 0 aliphatic carbocycles. The van der Waals surface area contributed by atoms with E-state index in [1.807, 2.05) is 0 Å². The molecule has 18 heavy (non-hydrogen) atoms. The number of anilines is 1. The zero-order valence-corrected chi connectivity index (χ0v) is 10.8. The molecule has 0 fully saturated rings. The molecule has 92 valence electrons. The third-order valence-corrected chi connectivity index (χ3v) is 3.55. The quantitative estimate of drug-likeness (QED) is 0.757. The van der Waals surface area contributed by atoms with E-state index < -0.39 is 0 Å². The summed E-state index contributed by atoms with van der Waals surface area (Å²) in [6.07, 6.45) is 2.38. The van der Waals surface area contributed by atoms with Crippen molar-refractivity contribution in [2.24, 2.45) is 0 Å². The van der Waals surface area contributed by atoms with Crippen LogP contribution < -0.4 is 4.90 Å². The van der Waals surface area contributed by atoms with Crippen LogP contribution in [0.25, 0.3) is 0 Å². The van der Waals surface area contributed by atoms with Gasteiger partial charge in [0, 0.05) is 18.8 Å². The van der Waals surface area contributed by atoms with Crippen molar-refractivity contribution in [2.75, 3.05) is 11.4 Å².